The summed E-state index contributed by atoms with van der Waals surface area (Å²) < 4.78 is 12.6. The predicted molar refractivity (Wildman–Crippen MR) is 137 cm³/mol. The van der Waals surface area contributed by atoms with Crippen LogP contribution in [0.1, 0.15) is 65.2 Å². The number of hydrogen-bond donors (Lipinski definition) is 0. The third-order valence-electron chi connectivity index (χ3n) is 5.76. The minimum Gasteiger partial charge on any atom is -0.490 e. The molecule has 3 rings (SSSR count). The smallest absolute Gasteiger partial charge is 0.161 e. The zero-order valence-corrected chi connectivity index (χ0v) is 19.8. The molecule has 0 aliphatic carbocycles. The van der Waals surface area contributed by atoms with E-state index >= 15 is 0 Å². The molecular weight excluding hydrogens is 392 g/mol. The van der Waals surface area contributed by atoms with Crippen LogP contribution in [0, 0.1) is 0 Å². The van der Waals surface area contributed by atoms with Crippen LogP contribution in [0.25, 0.3) is 22.3 Å². The Bertz CT molecular complexity index is 826. The summed E-state index contributed by atoms with van der Waals surface area (Å²) in [4.78, 5) is 0. The van der Waals surface area contributed by atoms with Crippen molar-refractivity contribution in [3.05, 3.63) is 72.8 Å². The Labute approximate surface area is 194 Å². The lowest BCUT2D eigenvalue weighted by molar-refractivity contribution is 0.259. The van der Waals surface area contributed by atoms with Gasteiger partial charge in [-0.25, -0.2) is 0 Å². The van der Waals surface area contributed by atoms with Crippen LogP contribution in [-0.2, 0) is 0 Å². The molecule has 0 amide bonds. The minimum atomic E-state index is 0.727. The number of benzene rings is 3. The highest BCUT2D eigenvalue weighted by molar-refractivity contribution is 5.86. The molecule has 0 N–H and O–H groups in total. The van der Waals surface area contributed by atoms with Crippen LogP contribution < -0.4 is 9.47 Å². The van der Waals surface area contributed by atoms with E-state index < -0.39 is 0 Å². The monoisotopic (exact) mass is 430 g/mol. The normalized spacial score (nSPS) is 10.8. The van der Waals surface area contributed by atoms with E-state index in [-0.39, 0.29) is 0 Å². The van der Waals surface area contributed by atoms with Gasteiger partial charge in [-0.15, -0.1) is 0 Å². The molecule has 0 unspecified atom stereocenters. The number of unbranched alkanes of at least 4 members (excludes halogenated alkanes) is 6. The van der Waals surface area contributed by atoms with Gasteiger partial charge in [0.15, 0.2) is 11.5 Å². The zero-order chi connectivity index (χ0) is 22.4. The first-order valence-corrected chi connectivity index (χ1v) is 12.4. The van der Waals surface area contributed by atoms with Crippen molar-refractivity contribution in [3.8, 4) is 33.8 Å². The highest BCUT2D eigenvalue weighted by Crippen LogP contribution is 2.41. The first-order chi connectivity index (χ1) is 15.8. The fraction of sp³-hybridized carbons (Fsp3) is 0.400. The maximum atomic E-state index is 6.29. The van der Waals surface area contributed by atoms with Gasteiger partial charge in [0.2, 0.25) is 0 Å². The molecule has 0 fully saturated rings. The zero-order valence-electron chi connectivity index (χ0n) is 19.8. The highest BCUT2D eigenvalue weighted by Gasteiger charge is 2.15. The standard InChI is InChI=1S/C30H38O2/c1-3-5-7-15-21-31-29-23-27(25-17-11-9-12-18-25)28(26-19-13-10-14-20-26)24-30(29)32-22-16-8-6-4-2/h9-14,17-20,23-24H,3-8,15-16,21-22H2,1-2H3. The van der Waals surface area contributed by atoms with E-state index in [0.717, 1.165) is 37.6 Å². The summed E-state index contributed by atoms with van der Waals surface area (Å²) in [5.74, 6) is 1.71. The first kappa shape index (κ1) is 23.9. The summed E-state index contributed by atoms with van der Waals surface area (Å²) in [5, 5.41) is 0. The van der Waals surface area contributed by atoms with Crippen molar-refractivity contribution >= 4 is 0 Å². The molecule has 0 aromatic heterocycles. The van der Waals surface area contributed by atoms with Crippen molar-refractivity contribution in [2.75, 3.05) is 13.2 Å². The lowest BCUT2D eigenvalue weighted by Gasteiger charge is -2.18. The second kappa shape index (κ2) is 13.6. The van der Waals surface area contributed by atoms with Crippen LogP contribution >= 0.6 is 0 Å². The van der Waals surface area contributed by atoms with Crippen molar-refractivity contribution in [1.29, 1.82) is 0 Å². The van der Waals surface area contributed by atoms with E-state index in [1.807, 2.05) is 0 Å². The first-order valence-electron chi connectivity index (χ1n) is 12.4. The minimum absolute atomic E-state index is 0.727. The van der Waals surface area contributed by atoms with Crippen LogP contribution in [0.4, 0.5) is 0 Å². The lowest BCUT2D eigenvalue weighted by atomic mass is 9.94. The molecule has 2 heteroatoms. The van der Waals surface area contributed by atoms with E-state index in [9.17, 15) is 0 Å². The summed E-state index contributed by atoms with van der Waals surface area (Å²) >= 11 is 0. The van der Waals surface area contributed by atoms with Crippen molar-refractivity contribution in [2.24, 2.45) is 0 Å². The Morgan fingerprint density at radius 1 is 0.500 bits per heavy atom. The van der Waals surface area contributed by atoms with Crippen molar-refractivity contribution in [1.82, 2.24) is 0 Å². The summed E-state index contributed by atoms with van der Waals surface area (Å²) in [5.41, 5.74) is 4.74. The van der Waals surface area contributed by atoms with E-state index in [0.29, 0.717) is 0 Å². The van der Waals surface area contributed by atoms with Gasteiger partial charge in [0.1, 0.15) is 0 Å². The summed E-state index contributed by atoms with van der Waals surface area (Å²) in [6.45, 7) is 5.93. The molecular formula is C30H38O2. The summed E-state index contributed by atoms with van der Waals surface area (Å²) in [7, 11) is 0. The SMILES string of the molecule is CCCCCCOc1cc(-c2ccccc2)c(-c2ccccc2)cc1OCCCCCC. The van der Waals surface area contributed by atoms with E-state index in [2.05, 4.69) is 86.6 Å². The number of hydrogen-bond acceptors (Lipinski definition) is 2. The van der Waals surface area contributed by atoms with E-state index in [1.54, 1.807) is 0 Å². The Hall–Kier alpha value is -2.74. The molecule has 0 saturated heterocycles. The van der Waals surface area contributed by atoms with Gasteiger partial charge < -0.3 is 9.47 Å². The summed E-state index contributed by atoms with van der Waals surface area (Å²) in [6, 6.07) is 25.5. The van der Waals surface area contributed by atoms with Gasteiger partial charge in [-0.3, -0.25) is 0 Å². The molecule has 0 atom stereocenters. The van der Waals surface area contributed by atoms with Gasteiger partial charge in [0.05, 0.1) is 13.2 Å². The molecule has 0 aliphatic rings. The van der Waals surface area contributed by atoms with Crippen LogP contribution in [0.3, 0.4) is 0 Å². The topological polar surface area (TPSA) is 18.5 Å². The molecule has 0 heterocycles. The molecule has 0 bridgehead atoms. The average Bonchev–Trinajstić information content (AvgIpc) is 2.85. The number of rotatable bonds is 14. The van der Waals surface area contributed by atoms with Gasteiger partial charge >= 0.3 is 0 Å². The van der Waals surface area contributed by atoms with Crippen LogP contribution in [0.2, 0.25) is 0 Å². The van der Waals surface area contributed by atoms with Crippen LogP contribution in [0.15, 0.2) is 72.8 Å². The van der Waals surface area contributed by atoms with Gasteiger partial charge in [-0.2, -0.15) is 0 Å². The third kappa shape index (κ3) is 7.15. The maximum absolute atomic E-state index is 6.29. The molecule has 3 aromatic rings. The van der Waals surface area contributed by atoms with E-state index in [1.165, 1.54) is 60.8 Å². The quantitative estimate of drug-likeness (QED) is 0.238. The number of ether oxygens (including phenoxy) is 2. The van der Waals surface area contributed by atoms with Gasteiger partial charge in [-0.1, -0.05) is 113 Å². The Kier molecular flexibility index (Phi) is 10.2. The van der Waals surface area contributed by atoms with Gasteiger partial charge in [0.25, 0.3) is 0 Å². The predicted octanol–water partition coefficient (Wildman–Crippen LogP) is 8.94. The van der Waals surface area contributed by atoms with E-state index in [4.69, 9.17) is 9.47 Å². The lowest BCUT2D eigenvalue weighted by Crippen LogP contribution is -2.04. The molecule has 0 radical (unpaired) electrons. The summed E-state index contributed by atoms with van der Waals surface area (Å²) in [6.07, 6.45) is 9.54. The van der Waals surface area contributed by atoms with Crippen molar-refractivity contribution < 1.29 is 9.47 Å². The fourth-order valence-corrected chi connectivity index (χ4v) is 3.92. The molecule has 32 heavy (non-hydrogen) atoms. The van der Waals surface area contributed by atoms with Crippen LogP contribution in [0.5, 0.6) is 11.5 Å². The third-order valence-corrected chi connectivity index (χ3v) is 5.76. The molecule has 0 spiro atoms. The maximum Gasteiger partial charge on any atom is 0.161 e. The fourth-order valence-electron chi connectivity index (χ4n) is 3.92. The second-order valence-electron chi connectivity index (χ2n) is 8.39. The second-order valence-corrected chi connectivity index (χ2v) is 8.39. The molecule has 3 aromatic carbocycles. The van der Waals surface area contributed by atoms with Crippen LogP contribution in [-0.4, -0.2) is 13.2 Å². The van der Waals surface area contributed by atoms with Gasteiger partial charge in [-0.05, 0) is 47.2 Å². The Morgan fingerprint density at radius 3 is 1.28 bits per heavy atom. The molecule has 0 saturated carbocycles. The Balaban J connectivity index is 1.92. The van der Waals surface area contributed by atoms with Crippen molar-refractivity contribution in [3.63, 3.8) is 0 Å². The molecule has 0 aliphatic heterocycles. The van der Waals surface area contributed by atoms with Gasteiger partial charge in [0, 0.05) is 0 Å². The average molecular weight is 431 g/mol. The largest absolute Gasteiger partial charge is 0.490 e. The highest BCUT2D eigenvalue weighted by atomic mass is 16.5. The molecule has 2 nitrogen and oxygen atoms in total. The Morgan fingerprint density at radius 2 is 0.906 bits per heavy atom. The molecule has 170 valence electrons. The van der Waals surface area contributed by atoms with Crippen molar-refractivity contribution in [2.45, 2.75) is 65.2 Å².